The Balaban J connectivity index is 1.53. The van der Waals surface area contributed by atoms with Crippen molar-refractivity contribution in [2.75, 3.05) is 6.54 Å². The van der Waals surface area contributed by atoms with Crippen molar-refractivity contribution >= 4 is 6.03 Å². The van der Waals surface area contributed by atoms with E-state index in [2.05, 4.69) is 24.5 Å². The van der Waals surface area contributed by atoms with Crippen LogP contribution in [0.5, 0.6) is 0 Å². The molecule has 4 rings (SSSR count). The third kappa shape index (κ3) is 2.90. The average Bonchev–Trinajstić information content (AvgIpc) is 2.25. The molecule has 4 fully saturated rings. The molecule has 2 amide bonds. The molecule has 108 valence electrons. The first-order valence-corrected chi connectivity index (χ1v) is 8.11. The molecular formula is C16H28N2O. The molecule has 19 heavy (non-hydrogen) atoms. The van der Waals surface area contributed by atoms with E-state index in [-0.39, 0.29) is 11.6 Å². The Kier molecular flexibility index (Phi) is 3.48. The predicted molar refractivity (Wildman–Crippen MR) is 76.9 cm³/mol. The number of amides is 2. The van der Waals surface area contributed by atoms with E-state index in [9.17, 15) is 4.79 Å². The Morgan fingerprint density at radius 2 is 1.63 bits per heavy atom. The standard InChI is InChI=1S/C16H28N2O/c1-11(2)3-4-17-15(19)18-16-8-12-5-13(9-16)7-14(6-12)10-16/h11-14H,3-10H2,1-2H3,(H2,17,18,19)/t12-,13-,14?,16-/m1/s1. The molecule has 0 unspecified atom stereocenters. The van der Waals surface area contributed by atoms with E-state index in [1.54, 1.807) is 0 Å². The first kappa shape index (κ1) is 13.3. The summed E-state index contributed by atoms with van der Waals surface area (Å²) in [6.07, 6.45) is 9.04. The van der Waals surface area contributed by atoms with Gasteiger partial charge in [-0.25, -0.2) is 4.79 Å². The highest BCUT2D eigenvalue weighted by Gasteiger charge is 2.51. The number of nitrogens with one attached hydrogen (secondary N) is 2. The van der Waals surface area contributed by atoms with Crippen molar-refractivity contribution in [2.24, 2.45) is 23.7 Å². The monoisotopic (exact) mass is 264 g/mol. The van der Waals surface area contributed by atoms with E-state index in [4.69, 9.17) is 0 Å². The minimum absolute atomic E-state index is 0.0719. The topological polar surface area (TPSA) is 41.1 Å². The van der Waals surface area contributed by atoms with Crippen molar-refractivity contribution in [2.45, 2.75) is 64.3 Å². The molecule has 0 aromatic rings. The first-order chi connectivity index (χ1) is 9.05. The summed E-state index contributed by atoms with van der Waals surface area (Å²) < 4.78 is 0. The minimum atomic E-state index is 0.0719. The largest absolute Gasteiger partial charge is 0.338 e. The fraction of sp³-hybridized carbons (Fsp3) is 0.938. The number of carbonyl (C=O) groups is 1. The number of urea groups is 1. The van der Waals surface area contributed by atoms with Crippen LogP contribution in [-0.4, -0.2) is 18.1 Å². The molecule has 3 nitrogen and oxygen atoms in total. The van der Waals surface area contributed by atoms with E-state index < -0.39 is 0 Å². The molecule has 4 aliphatic rings. The Morgan fingerprint density at radius 3 is 2.11 bits per heavy atom. The molecule has 4 bridgehead atoms. The van der Waals surface area contributed by atoms with Crippen molar-refractivity contribution in [3.8, 4) is 0 Å². The maximum atomic E-state index is 12.1. The maximum absolute atomic E-state index is 12.1. The van der Waals surface area contributed by atoms with Crippen LogP contribution < -0.4 is 10.6 Å². The number of hydrogen-bond donors (Lipinski definition) is 2. The molecule has 4 aliphatic carbocycles. The summed E-state index contributed by atoms with van der Waals surface area (Å²) in [5.74, 6) is 3.33. The number of hydrogen-bond acceptors (Lipinski definition) is 1. The molecule has 0 saturated heterocycles. The second kappa shape index (κ2) is 4.99. The van der Waals surface area contributed by atoms with Crippen molar-refractivity contribution in [3.05, 3.63) is 0 Å². The summed E-state index contributed by atoms with van der Waals surface area (Å²) in [7, 11) is 0. The highest BCUT2D eigenvalue weighted by atomic mass is 16.2. The quantitative estimate of drug-likeness (QED) is 0.803. The third-order valence-corrected chi connectivity index (χ3v) is 5.42. The van der Waals surface area contributed by atoms with Gasteiger partial charge in [-0.05, 0) is 68.6 Å². The van der Waals surface area contributed by atoms with Gasteiger partial charge in [-0.1, -0.05) is 13.8 Å². The summed E-state index contributed by atoms with van der Waals surface area (Å²) in [6.45, 7) is 5.19. The van der Waals surface area contributed by atoms with Gasteiger partial charge in [0.15, 0.2) is 0 Å². The lowest BCUT2D eigenvalue weighted by atomic mass is 9.53. The molecule has 0 aromatic carbocycles. The zero-order valence-corrected chi connectivity index (χ0v) is 12.4. The van der Waals surface area contributed by atoms with Crippen LogP contribution in [0.1, 0.15) is 58.8 Å². The van der Waals surface area contributed by atoms with E-state index in [0.717, 1.165) is 30.7 Å². The highest BCUT2D eigenvalue weighted by Crippen LogP contribution is 2.55. The number of carbonyl (C=O) groups excluding carboxylic acids is 1. The average molecular weight is 264 g/mol. The van der Waals surface area contributed by atoms with Gasteiger partial charge in [-0.15, -0.1) is 0 Å². The van der Waals surface area contributed by atoms with E-state index in [1.165, 1.54) is 38.5 Å². The Hall–Kier alpha value is -0.730. The molecule has 0 aromatic heterocycles. The van der Waals surface area contributed by atoms with Gasteiger partial charge in [-0.2, -0.15) is 0 Å². The Bertz CT molecular complexity index is 315. The van der Waals surface area contributed by atoms with Gasteiger partial charge >= 0.3 is 6.03 Å². The van der Waals surface area contributed by atoms with E-state index in [0.29, 0.717) is 5.92 Å². The summed E-state index contributed by atoms with van der Waals surface area (Å²) in [5.41, 5.74) is 0.149. The van der Waals surface area contributed by atoms with Crippen molar-refractivity contribution in [1.82, 2.24) is 10.6 Å². The molecule has 3 heteroatoms. The summed E-state index contributed by atoms with van der Waals surface area (Å²) in [6, 6.07) is 0.0719. The lowest BCUT2D eigenvalue weighted by molar-refractivity contribution is -0.0135. The first-order valence-electron chi connectivity index (χ1n) is 8.11. The third-order valence-electron chi connectivity index (χ3n) is 5.42. The minimum Gasteiger partial charge on any atom is -0.338 e. The second-order valence-corrected chi connectivity index (χ2v) is 7.76. The van der Waals surface area contributed by atoms with Gasteiger partial charge in [-0.3, -0.25) is 0 Å². The van der Waals surface area contributed by atoms with Crippen LogP contribution in [0, 0.1) is 23.7 Å². The van der Waals surface area contributed by atoms with E-state index in [1.807, 2.05) is 0 Å². The Labute approximate surface area is 116 Å². The highest BCUT2D eigenvalue weighted by molar-refractivity contribution is 5.74. The fourth-order valence-corrected chi connectivity index (χ4v) is 5.02. The van der Waals surface area contributed by atoms with Crippen molar-refractivity contribution in [1.29, 1.82) is 0 Å². The molecule has 0 radical (unpaired) electrons. The van der Waals surface area contributed by atoms with Gasteiger partial charge in [0.25, 0.3) is 0 Å². The van der Waals surface area contributed by atoms with Crippen molar-refractivity contribution < 1.29 is 4.79 Å². The molecule has 0 heterocycles. The summed E-state index contributed by atoms with van der Waals surface area (Å²) >= 11 is 0. The molecule has 0 atom stereocenters. The maximum Gasteiger partial charge on any atom is 0.315 e. The fourth-order valence-electron chi connectivity index (χ4n) is 5.02. The van der Waals surface area contributed by atoms with E-state index >= 15 is 0 Å². The SMILES string of the molecule is CC(C)CCNC(=O)N[C@]12CC3C[C@@H](C[C@H](C3)C1)C2. The lowest BCUT2D eigenvalue weighted by Crippen LogP contribution is -2.61. The molecule has 0 spiro atoms. The molecule has 2 N–H and O–H groups in total. The van der Waals surface area contributed by atoms with Gasteiger partial charge in [0, 0.05) is 12.1 Å². The molecule has 0 aliphatic heterocycles. The van der Waals surface area contributed by atoms with Crippen LogP contribution in [0.3, 0.4) is 0 Å². The van der Waals surface area contributed by atoms with Crippen LogP contribution >= 0.6 is 0 Å². The zero-order valence-electron chi connectivity index (χ0n) is 12.4. The number of rotatable bonds is 4. The van der Waals surface area contributed by atoms with Gasteiger partial charge in [0.2, 0.25) is 0 Å². The van der Waals surface area contributed by atoms with Gasteiger partial charge in [0.05, 0.1) is 0 Å². The summed E-state index contributed by atoms with van der Waals surface area (Å²) in [4.78, 5) is 12.1. The lowest BCUT2D eigenvalue weighted by Gasteiger charge is -2.56. The van der Waals surface area contributed by atoms with Crippen LogP contribution in [0.4, 0.5) is 4.79 Å². The second-order valence-electron chi connectivity index (χ2n) is 7.76. The zero-order chi connectivity index (χ0) is 13.5. The Morgan fingerprint density at radius 1 is 1.11 bits per heavy atom. The van der Waals surface area contributed by atoms with Crippen LogP contribution in [0.25, 0.3) is 0 Å². The van der Waals surface area contributed by atoms with Crippen molar-refractivity contribution in [3.63, 3.8) is 0 Å². The van der Waals surface area contributed by atoms with Gasteiger partial charge in [0.1, 0.15) is 0 Å². The molecular weight excluding hydrogens is 236 g/mol. The smallest absolute Gasteiger partial charge is 0.315 e. The van der Waals surface area contributed by atoms with Gasteiger partial charge < -0.3 is 10.6 Å². The normalized spacial score (nSPS) is 39.6. The van der Waals surface area contributed by atoms with Crippen LogP contribution in [0.2, 0.25) is 0 Å². The van der Waals surface area contributed by atoms with Crippen LogP contribution in [-0.2, 0) is 0 Å². The predicted octanol–water partition coefficient (Wildman–Crippen LogP) is 3.30. The van der Waals surface area contributed by atoms with Crippen LogP contribution in [0.15, 0.2) is 0 Å². The summed E-state index contributed by atoms with van der Waals surface area (Å²) in [5, 5.41) is 6.39. The molecule has 4 saturated carbocycles.